The molecule has 0 bridgehead atoms. The highest BCUT2D eigenvalue weighted by Gasteiger charge is 2.23. The van der Waals surface area contributed by atoms with Crippen molar-refractivity contribution in [1.82, 2.24) is 5.32 Å². The Morgan fingerprint density at radius 1 is 0.540 bits per heavy atom. The third kappa shape index (κ3) is 48.7. The highest BCUT2D eigenvalue weighted by atomic mass is 31.2. The fraction of sp³-hybridized carbons (Fsp3) is 0.907. The van der Waals surface area contributed by atoms with Crippen molar-refractivity contribution in [2.45, 2.75) is 276 Å². The van der Waals surface area contributed by atoms with Crippen molar-refractivity contribution in [3.63, 3.8) is 0 Å². The molecule has 0 spiro atoms. The number of phosphoric acid groups is 1. The van der Waals surface area contributed by atoms with E-state index in [1.165, 1.54) is 205 Å². The summed E-state index contributed by atoms with van der Waals surface area (Å²) >= 11 is 0. The van der Waals surface area contributed by atoms with Crippen molar-refractivity contribution in [1.29, 1.82) is 0 Å². The summed E-state index contributed by atoms with van der Waals surface area (Å²) in [5.74, 6) is -0.196. The van der Waals surface area contributed by atoms with E-state index in [1.807, 2.05) is 27.2 Å². The molecular formula is C54H107N2O6P. The van der Waals surface area contributed by atoms with Crippen LogP contribution in [-0.2, 0) is 18.4 Å². The molecule has 3 atom stereocenters. The average molecular weight is 911 g/mol. The second-order valence-electron chi connectivity index (χ2n) is 19.9. The lowest BCUT2D eigenvalue weighted by Crippen LogP contribution is -2.45. The molecule has 0 aromatic carbocycles. The Morgan fingerprint density at radius 2 is 0.873 bits per heavy atom. The summed E-state index contributed by atoms with van der Waals surface area (Å²) < 4.78 is 23.3. The second-order valence-corrected chi connectivity index (χ2v) is 21.3. The minimum Gasteiger partial charge on any atom is -0.756 e. The quantitative estimate of drug-likeness (QED) is 0.0272. The summed E-state index contributed by atoms with van der Waals surface area (Å²) in [4.78, 5) is 25.4. The van der Waals surface area contributed by atoms with Gasteiger partial charge in [-0.3, -0.25) is 9.36 Å². The van der Waals surface area contributed by atoms with Crippen molar-refractivity contribution in [3.05, 3.63) is 24.3 Å². The summed E-state index contributed by atoms with van der Waals surface area (Å²) in [5, 5.41) is 13.9. The highest BCUT2D eigenvalue weighted by molar-refractivity contribution is 7.45. The Balaban J connectivity index is 4.26. The molecule has 374 valence electrons. The van der Waals surface area contributed by atoms with Gasteiger partial charge in [0.1, 0.15) is 13.2 Å². The number of unbranched alkanes of at least 4 members (excludes halogenated alkanes) is 35. The number of phosphoric ester groups is 1. The van der Waals surface area contributed by atoms with Gasteiger partial charge < -0.3 is 28.8 Å². The molecule has 1 amide bonds. The lowest BCUT2D eigenvalue weighted by molar-refractivity contribution is -0.870. The number of aliphatic hydroxyl groups excluding tert-OH is 1. The third-order valence-electron chi connectivity index (χ3n) is 12.4. The van der Waals surface area contributed by atoms with E-state index in [4.69, 9.17) is 9.05 Å². The van der Waals surface area contributed by atoms with Crippen LogP contribution in [0.2, 0.25) is 0 Å². The normalized spacial score (nSPS) is 14.2. The first-order chi connectivity index (χ1) is 30.5. The molecule has 0 rings (SSSR count). The summed E-state index contributed by atoms with van der Waals surface area (Å²) in [6.07, 6.45) is 56.6. The van der Waals surface area contributed by atoms with Crippen LogP contribution in [-0.4, -0.2) is 68.5 Å². The predicted octanol–water partition coefficient (Wildman–Crippen LogP) is 15.4. The zero-order valence-electron chi connectivity index (χ0n) is 42.5. The number of quaternary nitrogens is 1. The maximum Gasteiger partial charge on any atom is 0.268 e. The van der Waals surface area contributed by atoms with E-state index in [0.717, 1.165) is 38.5 Å². The van der Waals surface area contributed by atoms with Gasteiger partial charge >= 0.3 is 0 Å². The molecule has 63 heavy (non-hydrogen) atoms. The Kier molecular flexibility index (Phi) is 45.4. The van der Waals surface area contributed by atoms with Gasteiger partial charge in [0.2, 0.25) is 5.91 Å². The van der Waals surface area contributed by atoms with E-state index in [1.54, 1.807) is 6.08 Å². The number of rotatable bonds is 50. The monoisotopic (exact) mass is 911 g/mol. The van der Waals surface area contributed by atoms with Crippen LogP contribution in [0.4, 0.5) is 0 Å². The molecule has 0 saturated heterocycles. The number of hydrogen-bond donors (Lipinski definition) is 2. The number of likely N-dealkylation sites (N-methyl/N-ethyl adjacent to an activating group) is 1. The minimum atomic E-state index is -4.59. The van der Waals surface area contributed by atoms with Crippen LogP contribution in [0.3, 0.4) is 0 Å². The van der Waals surface area contributed by atoms with E-state index in [9.17, 15) is 19.4 Å². The van der Waals surface area contributed by atoms with Crippen LogP contribution in [0.25, 0.3) is 0 Å². The number of allylic oxidation sites excluding steroid dienone is 3. The van der Waals surface area contributed by atoms with Crippen LogP contribution >= 0.6 is 7.82 Å². The molecule has 0 aliphatic heterocycles. The maximum atomic E-state index is 12.9. The molecular weight excluding hydrogens is 804 g/mol. The van der Waals surface area contributed by atoms with E-state index in [0.29, 0.717) is 17.4 Å². The van der Waals surface area contributed by atoms with Crippen LogP contribution in [0.15, 0.2) is 24.3 Å². The van der Waals surface area contributed by atoms with E-state index >= 15 is 0 Å². The topological polar surface area (TPSA) is 108 Å². The van der Waals surface area contributed by atoms with Crippen LogP contribution in [0, 0.1) is 0 Å². The van der Waals surface area contributed by atoms with Crippen molar-refractivity contribution >= 4 is 13.7 Å². The number of amides is 1. The lowest BCUT2D eigenvalue weighted by Gasteiger charge is -2.29. The van der Waals surface area contributed by atoms with Gasteiger partial charge in [-0.1, -0.05) is 237 Å². The van der Waals surface area contributed by atoms with Crippen molar-refractivity contribution in [2.24, 2.45) is 0 Å². The molecule has 0 saturated carbocycles. The molecule has 0 aromatic heterocycles. The van der Waals surface area contributed by atoms with Crippen LogP contribution in [0.5, 0.6) is 0 Å². The summed E-state index contributed by atoms with van der Waals surface area (Å²) in [7, 11) is 1.27. The van der Waals surface area contributed by atoms with E-state index in [2.05, 4.69) is 31.3 Å². The van der Waals surface area contributed by atoms with Crippen LogP contribution in [0.1, 0.15) is 264 Å². The van der Waals surface area contributed by atoms with Gasteiger partial charge in [-0.15, -0.1) is 0 Å². The van der Waals surface area contributed by atoms with Crippen molar-refractivity contribution in [3.8, 4) is 0 Å². The average Bonchev–Trinajstić information content (AvgIpc) is 3.24. The predicted molar refractivity (Wildman–Crippen MR) is 270 cm³/mol. The highest BCUT2D eigenvalue weighted by Crippen LogP contribution is 2.38. The Hall–Kier alpha value is -1.02. The van der Waals surface area contributed by atoms with Gasteiger partial charge in [0.05, 0.1) is 39.9 Å². The first-order valence-electron chi connectivity index (χ1n) is 27.2. The number of carbonyl (C=O) groups excluding carboxylic acids is 1. The van der Waals surface area contributed by atoms with Gasteiger partial charge in [-0.2, -0.15) is 0 Å². The zero-order chi connectivity index (χ0) is 46.4. The number of carbonyl (C=O) groups is 1. The van der Waals surface area contributed by atoms with Gasteiger partial charge in [0, 0.05) is 6.42 Å². The third-order valence-corrected chi connectivity index (χ3v) is 13.4. The first-order valence-corrected chi connectivity index (χ1v) is 28.7. The SMILES string of the molecule is CCCCCCCCCC/C=C\CCCCCCCCCCCC(=O)NC(COP(=O)([O-])OCC[N+](C)(C)C)C(O)/C=C/CCCCCCCCCCCCCCCCCCCC. The summed E-state index contributed by atoms with van der Waals surface area (Å²) in [6.45, 7) is 4.68. The largest absolute Gasteiger partial charge is 0.756 e. The molecule has 8 nitrogen and oxygen atoms in total. The molecule has 0 aliphatic rings. The molecule has 0 aliphatic carbocycles. The molecule has 0 heterocycles. The van der Waals surface area contributed by atoms with Crippen molar-refractivity contribution in [2.75, 3.05) is 40.9 Å². The maximum absolute atomic E-state index is 12.9. The fourth-order valence-electron chi connectivity index (χ4n) is 8.09. The number of hydrogen-bond acceptors (Lipinski definition) is 6. The Labute approximate surface area is 392 Å². The van der Waals surface area contributed by atoms with Gasteiger partial charge in [0.15, 0.2) is 0 Å². The van der Waals surface area contributed by atoms with Crippen LogP contribution < -0.4 is 10.2 Å². The fourth-order valence-corrected chi connectivity index (χ4v) is 8.81. The minimum absolute atomic E-state index is 0.000231. The number of aliphatic hydroxyl groups is 1. The number of nitrogens with one attached hydrogen (secondary N) is 1. The molecule has 9 heteroatoms. The van der Waals surface area contributed by atoms with Gasteiger partial charge in [-0.05, 0) is 44.9 Å². The Bertz CT molecular complexity index is 1080. The van der Waals surface area contributed by atoms with Gasteiger partial charge in [0.25, 0.3) is 7.82 Å². The first kappa shape index (κ1) is 62.0. The molecule has 3 unspecified atom stereocenters. The molecule has 0 fully saturated rings. The zero-order valence-corrected chi connectivity index (χ0v) is 43.4. The Morgan fingerprint density at radius 3 is 1.24 bits per heavy atom. The second kappa shape index (κ2) is 46.1. The summed E-state index contributed by atoms with van der Waals surface area (Å²) in [6, 6.07) is -0.885. The molecule has 2 N–H and O–H groups in total. The van der Waals surface area contributed by atoms with E-state index in [-0.39, 0.29) is 19.1 Å². The smallest absolute Gasteiger partial charge is 0.268 e. The standard InChI is InChI=1S/C54H107N2O6P/c1-6-8-10-12-14-16-18-20-22-24-26-28-30-32-34-36-38-40-42-44-46-48-54(58)55-52(51-62-63(59,60)61-50-49-56(3,4)5)53(57)47-45-43-41-39-37-35-33-31-29-27-25-23-21-19-17-15-13-11-9-7-2/h24,26,45,47,52-53,57H,6-23,25,27-44,46,48-51H2,1-5H3,(H-,55,58,59,60)/b26-24-,47-45+. The van der Waals surface area contributed by atoms with Crippen molar-refractivity contribution < 1.29 is 32.9 Å². The number of nitrogens with zero attached hydrogens (tertiary/aromatic N) is 1. The lowest BCUT2D eigenvalue weighted by atomic mass is 10.0. The van der Waals surface area contributed by atoms with E-state index < -0.39 is 20.0 Å². The molecule has 0 radical (unpaired) electrons. The summed E-state index contributed by atoms with van der Waals surface area (Å²) in [5.41, 5.74) is 0. The van der Waals surface area contributed by atoms with Gasteiger partial charge in [-0.25, -0.2) is 0 Å². The molecule has 0 aromatic rings.